The molecule has 2 N–H and O–H groups in total. The molecule has 0 saturated heterocycles. The van der Waals surface area contributed by atoms with Gasteiger partial charge < -0.3 is 5.84 Å². The Hall–Kier alpha value is -0.870. The highest BCUT2D eigenvalue weighted by atomic mass is 32.1. The molecule has 2 rings (SSSR count). The van der Waals surface area contributed by atoms with E-state index in [1.807, 2.05) is 18.5 Å². The van der Waals surface area contributed by atoms with Gasteiger partial charge >= 0.3 is 0 Å². The Bertz CT molecular complexity index is 481. The maximum absolute atomic E-state index is 5.67. The Morgan fingerprint density at radius 2 is 2.33 bits per heavy atom. The van der Waals surface area contributed by atoms with E-state index in [0.717, 1.165) is 4.70 Å². The summed E-state index contributed by atoms with van der Waals surface area (Å²) in [5.74, 6) is 5.67. The molecular weight excluding hydrogens is 188 g/mol. The van der Waals surface area contributed by atoms with Gasteiger partial charge in [-0.25, -0.2) is 0 Å². The fourth-order valence-electron chi connectivity index (χ4n) is 1.24. The predicted molar refractivity (Wildman–Crippen MR) is 55.5 cm³/mol. The van der Waals surface area contributed by atoms with Crippen molar-refractivity contribution in [3.63, 3.8) is 0 Å². The van der Waals surface area contributed by atoms with Crippen molar-refractivity contribution in [2.45, 2.75) is 6.92 Å². The standard InChI is InChI=1S/C8H8N2S2/c1-5-4-10(9)8(11)7-6(5)2-3-12-7/h2-4H,9H2,1H3. The molecule has 2 heterocycles. The average Bonchev–Trinajstić information content (AvgIpc) is 2.48. The van der Waals surface area contributed by atoms with Crippen LogP contribution < -0.4 is 5.84 Å². The Morgan fingerprint density at radius 3 is 3.08 bits per heavy atom. The summed E-state index contributed by atoms with van der Waals surface area (Å²) in [4.78, 5) is 0. The lowest BCUT2D eigenvalue weighted by Gasteiger charge is -2.01. The topological polar surface area (TPSA) is 30.9 Å². The van der Waals surface area contributed by atoms with Gasteiger partial charge in [0, 0.05) is 6.20 Å². The first kappa shape index (κ1) is 7.76. The van der Waals surface area contributed by atoms with Gasteiger partial charge in [-0.1, -0.05) is 12.2 Å². The van der Waals surface area contributed by atoms with Crippen LogP contribution in [-0.2, 0) is 0 Å². The van der Waals surface area contributed by atoms with Crippen molar-refractivity contribution in [1.29, 1.82) is 0 Å². The first-order valence-electron chi connectivity index (χ1n) is 3.54. The van der Waals surface area contributed by atoms with Crippen molar-refractivity contribution in [3.8, 4) is 0 Å². The lowest BCUT2D eigenvalue weighted by molar-refractivity contribution is 0.976. The molecule has 0 aliphatic heterocycles. The van der Waals surface area contributed by atoms with Crippen LogP contribution >= 0.6 is 23.6 Å². The number of nitrogen functional groups attached to an aromatic ring is 1. The monoisotopic (exact) mass is 196 g/mol. The van der Waals surface area contributed by atoms with Crippen LogP contribution in [0, 0.1) is 11.6 Å². The van der Waals surface area contributed by atoms with E-state index in [1.165, 1.54) is 15.6 Å². The normalized spacial score (nSPS) is 10.8. The SMILES string of the molecule is Cc1cn(N)c(=S)c2sccc12. The molecule has 62 valence electrons. The Labute approximate surface area is 79.2 Å². The van der Waals surface area contributed by atoms with E-state index in [9.17, 15) is 0 Å². The van der Waals surface area contributed by atoms with Crippen LogP contribution in [0.15, 0.2) is 17.6 Å². The molecule has 0 saturated carbocycles. The van der Waals surface area contributed by atoms with E-state index in [1.54, 1.807) is 11.3 Å². The second-order valence-electron chi connectivity index (χ2n) is 2.69. The van der Waals surface area contributed by atoms with Gasteiger partial charge in [0.05, 0.1) is 4.70 Å². The summed E-state index contributed by atoms with van der Waals surface area (Å²) < 4.78 is 3.32. The number of pyridine rings is 1. The van der Waals surface area contributed by atoms with Gasteiger partial charge in [-0.3, -0.25) is 4.68 Å². The average molecular weight is 196 g/mol. The molecule has 12 heavy (non-hydrogen) atoms. The van der Waals surface area contributed by atoms with Crippen LogP contribution in [0.2, 0.25) is 0 Å². The van der Waals surface area contributed by atoms with Crippen LogP contribution in [0.25, 0.3) is 10.1 Å². The highest BCUT2D eigenvalue weighted by Crippen LogP contribution is 2.24. The third-order valence-electron chi connectivity index (χ3n) is 1.85. The second-order valence-corrected chi connectivity index (χ2v) is 3.99. The fraction of sp³-hybridized carbons (Fsp3) is 0.125. The quantitative estimate of drug-likeness (QED) is 0.518. The van der Waals surface area contributed by atoms with E-state index in [-0.39, 0.29) is 0 Å². The summed E-state index contributed by atoms with van der Waals surface area (Å²) >= 11 is 6.79. The molecular formula is C8H8N2S2. The van der Waals surface area contributed by atoms with Gasteiger partial charge in [0.1, 0.15) is 4.64 Å². The molecule has 4 heteroatoms. The van der Waals surface area contributed by atoms with E-state index in [0.29, 0.717) is 4.64 Å². The number of hydrogen-bond donors (Lipinski definition) is 1. The zero-order chi connectivity index (χ0) is 8.72. The molecule has 2 nitrogen and oxygen atoms in total. The second kappa shape index (κ2) is 2.57. The van der Waals surface area contributed by atoms with Gasteiger partial charge in [0.2, 0.25) is 0 Å². The van der Waals surface area contributed by atoms with Crippen molar-refractivity contribution in [1.82, 2.24) is 4.68 Å². The largest absolute Gasteiger partial charge is 0.338 e. The molecule has 0 spiro atoms. The minimum atomic E-state index is 0.714. The Balaban J connectivity index is 3.07. The fourth-order valence-corrected chi connectivity index (χ4v) is 2.45. The summed E-state index contributed by atoms with van der Waals surface area (Å²) in [6.07, 6.45) is 1.86. The summed E-state index contributed by atoms with van der Waals surface area (Å²) in [7, 11) is 0. The van der Waals surface area contributed by atoms with Crippen molar-refractivity contribution in [2.75, 3.05) is 5.84 Å². The first-order chi connectivity index (χ1) is 5.70. The van der Waals surface area contributed by atoms with Gasteiger partial charge in [-0.05, 0) is 29.3 Å². The van der Waals surface area contributed by atoms with Crippen molar-refractivity contribution >= 4 is 33.6 Å². The van der Waals surface area contributed by atoms with Gasteiger partial charge in [0.25, 0.3) is 0 Å². The van der Waals surface area contributed by atoms with Crippen LogP contribution in [0.1, 0.15) is 5.56 Å². The van der Waals surface area contributed by atoms with Gasteiger partial charge in [-0.15, -0.1) is 11.3 Å². The number of hydrogen-bond acceptors (Lipinski definition) is 3. The molecule has 0 radical (unpaired) electrons. The predicted octanol–water partition coefficient (Wildman–Crippen LogP) is 2.45. The lowest BCUT2D eigenvalue weighted by atomic mass is 10.2. The maximum Gasteiger partial charge on any atom is 0.142 e. The third-order valence-corrected chi connectivity index (χ3v) is 3.32. The highest BCUT2D eigenvalue weighted by molar-refractivity contribution is 7.71. The van der Waals surface area contributed by atoms with Crippen molar-refractivity contribution < 1.29 is 0 Å². The smallest absolute Gasteiger partial charge is 0.142 e. The minimum Gasteiger partial charge on any atom is -0.338 e. The highest BCUT2D eigenvalue weighted by Gasteiger charge is 2.01. The molecule has 0 aliphatic rings. The summed E-state index contributed by atoms with van der Waals surface area (Å²) in [5, 5.41) is 3.25. The molecule has 0 bridgehead atoms. The van der Waals surface area contributed by atoms with Crippen LogP contribution in [0.5, 0.6) is 0 Å². The van der Waals surface area contributed by atoms with E-state index in [2.05, 4.69) is 6.07 Å². The van der Waals surface area contributed by atoms with Crippen LogP contribution in [0.4, 0.5) is 0 Å². The number of nitrogens with two attached hydrogens (primary N) is 1. The molecule has 0 aliphatic carbocycles. The van der Waals surface area contributed by atoms with Gasteiger partial charge in [0.15, 0.2) is 0 Å². The molecule has 0 aromatic carbocycles. The molecule has 0 unspecified atom stereocenters. The van der Waals surface area contributed by atoms with E-state index < -0.39 is 0 Å². The Morgan fingerprint density at radius 1 is 1.58 bits per heavy atom. The molecule has 0 amide bonds. The number of rotatable bonds is 0. The van der Waals surface area contributed by atoms with E-state index >= 15 is 0 Å². The van der Waals surface area contributed by atoms with Crippen molar-refractivity contribution in [2.24, 2.45) is 0 Å². The van der Waals surface area contributed by atoms with Crippen LogP contribution in [-0.4, -0.2) is 4.68 Å². The zero-order valence-electron chi connectivity index (χ0n) is 6.57. The zero-order valence-corrected chi connectivity index (χ0v) is 8.21. The van der Waals surface area contributed by atoms with Crippen LogP contribution in [0.3, 0.4) is 0 Å². The minimum absolute atomic E-state index is 0.714. The summed E-state index contributed by atoms with van der Waals surface area (Å²) in [6.45, 7) is 2.03. The molecule has 0 fully saturated rings. The van der Waals surface area contributed by atoms with Gasteiger partial charge in [-0.2, -0.15) is 0 Å². The van der Waals surface area contributed by atoms with Crippen molar-refractivity contribution in [3.05, 3.63) is 27.8 Å². The molecule has 0 atom stereocenters. The number of nitrogens with zero attached hydrogens (tertiary/aromatic N) is 1. The number of thiophene rings is 1. The van der Waals surface area contributed by atoms with E-state index in [4.69, 9.17) is 18.1 Å². The first-order valence-corrected chi connectivity index (χ1v) is 4.83. The Kier molecular flexibility index (Phi) is 1.66. The number of aromatic nitrogens is 1. The molecule has 2 aromatic rings. The third kappa shape index (κ3) is 0.956. The number of aryl methyl sites for hydroxylation is 1. The summed E-state index contributed by atoms with van der Waals surface area (Å²) in [6, 6.07) is 2.07. The summed E-state index contributed by atoms with van der Waals surface area (Å²) in [5.41, 5.74) is 1.17. The maximum atomic E-state index is 5.67. The lowest BCUT2D eigenvalue weighted by Crippen LogP contribution is -2.09. The molecule has 2 aromatic heterocycles. The number of fused-ring (bicyclic) bond motifs is 1.